The Balaban J connectivity index is 0.00000576. The summed E-state index contributed by atoms with van der Waals surface area (Å²) in [7, 11) is -22.4. The van der Waals surface area contributed by atoms with E-state index in [2.05, 4.69) is 80.5 Å². The molecule has 0 aromatic heterocycles. The molecule has 0 unspecified atom stereocenters. The van der Waals surface area contributed by atoms with Crippen molar-refractivity contribution >= 4 is 105 Å². The topological polar surface area (TPSA) is 266 Å². The second kappa shape index (κ2) is 18.6. The number of hydrogen-bond acceptors (Lipinski definition) is 16. The Labute approximate surface area is 487 Å². The van der Waals surface area contributed by atoms with Crippen LogP contribution in [-0.2, 0) is 57.8 Å². The molecular formula is C21H16Br4K4O16S4. The van der Waals surface area contributed by atoms with E-state index in [-0.39, 0.29) is 259 Å². The summed E-state index contributed by atoms with van der Waals surface area (Å²) in [6.07, 6.45) is 0.0730. The first-order chi connectivity index (χ1) is 19.9. The van der Waals surface area contributed by atoms with Gasteiger partial charge in [-0.15, -0.1) is 0 Å². The molecule has 1 spiro atoms. The van der Waals surface area contributed by atoms with E-state index in [1.165, 1.54) is 0 Å². The van der Waals surface area contributed by atoms with Gasteiger partial charge in [-0.05, 0) is 110 Å². The Hall–Kier alpha value is 5.75. The third-order valence-electron chi connectivity index (χ3n) is 7.13. The van der Waals surface area contributed by atoms with E-state index in [4.69, 9.17) is 0 Å². The van der Waals surface area contributed by atoms with Gasteiger partial charge in [-0.2, -0.15) is 0 Å². The van der Waals surface area contributed by atoms with Crippen LogP contribution in [0.1, 0.15) is 62.8 Å². The zero-order valence-electron chi connectivity index (χ0n) is 26.6. The van der Waals surface area contributed by atoms with Crippen LogP contribution in [0.15, 0.2) is 17.9 Å². The fourth-order valence-electron chi connectivity index (χ4n) is 6.39. The molecule has 2 aromatic carbocycles. The van der Waals surface area contributed by atoms with Crippen molar-refractivity contribution in [2.75, 3.05) is 0 Å². The van der Waals surface area contributed by atoms with Crippen LogP contribution in [0, 0.1) is 0 Å². The fourth-order valence-corrected chi connectivity index (χ4v) is 11.9. The summed E-state index contributed by atoms with van der Waals surface area (Å²) in [4.78, 5) is 0. The van der Waals surface area contributed by atoms with Gasteiger partial charge in [-0.25, -0.2) is 33.7 Å². The zero-order chi connectivity index (χ0) is 34.7. The van der Waals surface area contributed by atoms with Gasteiger partial charge < -0.3 is 34.9 Å². The molecule has 0 amide bonds. The summed E-state index contributed by atoms with van der Waals surface area (Å²) in [5.74, 6) is -3.98. The van der Waals surface area contributed by atoms with E-state index >= 15 is 0 Å². The summed E-state index contributed by atoms with van der Waals surface area (Å²) < 4.78 is 157. The first-order valence-corrected chi connectivity index (χ1v) is 20.2. The van der Waals surface area contributed by atoms with Crippen LogP contribution in [0.25, 0.3) is 0 Å². The quantitative estimate of drug-likeness (QED) is 0.135. The number of benzene rings is 2. The number of hydrogen-bond donors (Lipinski definition) is 0. The van der Waals surface area contributed by atoms with Crippen molar-refractivity contribution in [3.8, 4) is 23.0 Å². The smallest absolute Gasteiger partial charge is 0.716 e. The first kappa shape index (κ1) is 54.7. The molecular weight excluding hydrogens is 1110 g/mol. The molecule has 0 radical (unpaired) electrons. The van der Waals surface area contributed by atoms with Crippen LogP contribution < -0.4 is 222 Å². The third-order valence-corrected chi connectivity index (χ3v) is 11.6. The normalized spacial score (nSPS) is 16.9. The third kappa shape index (κ3) is 11.9. The molecule has 0 heterocycles. The molecule has 28 heteroatoms. The van der Waals surface area contributed by atoms with Crippen LogP contribution in [0.5, 0.6) is 23.0 Å². The van der Waals surface area contributed by atoms with Crippen molar-refractivity contribution in [1.29, 1.82) is 0 Å². The predicted molar refractivity (Wildman–Crippen MR) is 161 cm³/mol. The Kier molecular flexibility index (Phi) is 20.7. The van der Waals surface area contributed by atoms with Gasteiger partial charge >= 0.3 is 206 Å². The second-order valence-electron chi connectivity index (χ2n) is 11.2. The molecule has 0 fully saturated rings. The average molecular weight is 1130 g/mol. The van der Waals surface area contributed by atoms with Crippen LogP contribution in [0.3, 0.4) is 0 Å². The van der Waals surface area contributed by atoms with E-state index in [1.54, 1.807) is 27.7 Å². The average Bonchev–Trinajstić information content (AvgIpc) is 3.16. The Morgan fingerprint density at radius 3 is 0.816 bits per heavy atom. The molecule has 0 bridgehead atoms. The molecule has 0 saturated carbocycles. The van der Waals surface area contributed by atoms with E-state index in [0.29, 0.717) is 0 Å². The number of halogens is 4. The van der Waals surface area contributed by atoms with Crippen molar-refractivity contribution in [1.82, 2.24) is 0 Å². The van der Waals surface area contributed by atoms with Gasteiger partial charge in [0.2, 0.25) is 23.0 Å². The van der Waals surface area contributed by atoms with E-state index in [1.807, 2.05) is 0 Å². The Bertz CT molecular complexity index is 1980. The standard InChI is InChI=1S/C21H20Br4O16S4.4K/c1-19(2)5-21(9-7(19)11(22)15(38-42(26,27)28)17(13(9)24)40-44(32,33)34)6-20(3,4)8-10(21)14(25)18(41-45(35,36)37)16(12(8)23)39-43(29,30)31;;;;/h5-6H2,1-4H3,(H,26,27,28)(H,29,30,31)(H,32,33,34)(H,35,36,37);;;;/q;4*+1/p-4. The molecule has 2 aromatic rings. The van der Waals surface area contributed by atoms with Crippen LogP contribution in [0.4, 0.5) is 0 Å². The van der Waals surface area contributed by atoms with Crippen LogP contribution in [0.2, 0.25) is 0 Å². The molecule has 0 N–H and O–H groups in total. The summed E-state index contributed by atoms with van der Waals surface area (Å²) >= 11 is 12.7. The zero-order valence-corrected chi connectivity index (χ0v) is 48.7. The van der Waals surface area contributed by atoms with Crippen molar-refractivity contribution in [2.24, 2.45) is 0 Å². The summed E-state index contributed by atoms with van der Waals surface area (Å²) in [6.45, 7) is 6.69. The molecule has 252 valence electrons. The van der Waals surface area contributed by atoms with Crippen molar-refractivity contribution < 1.29 is 274 Å². The summed E-state index contributed by atoms with van der Waals surface area (Å²) in [5, 5.41) is 0. The number of rotatable bonds is 8. The van der Waals surface area contributed by atoms with Gasteiger partial charge in [0, 0.05) is 5.41 Å². The number of fused-ring (bicyclic) bond motifs is 4. The van der Waals surface area contributed by atoms with Crippen LogP contribution in [-0.4, -0.2) is 51.9 Å². The molecule has 4 rings (SSSR count). The van der Waals surface area contributed by atoms with Crippen LogP contribution >= 0.6 is 63.7 Å². The largest absolute Gasteiger partial charge is 1.00 e. The molecule has 2 aliphatic carbocycles. The van der Waals surface area contributed by atoms with Gasteiger partial charge in [0.05, 0.1) is 17.9 Å². The van der Waals surface area contributed by atoms with Gasteiger partial charge in [-0.3, -0.25) is 0 Å². The summed E-state index contributed by atoms with van der Waals surface area (Å²) in [5.41, 5.74) is -2.80. The van der Waals surface area contributed by atoms with Gasteiger partial charge in [0.15, 0.2) is 0 Å². The maximum absolute atomic E-state index is 11.7. The Morgan fingerprint density at radius 1 is 0.449 bits per heavy atom. The second-order valence-corrected chi connectivity index (χ2v) is 18.3. The van der Waals surface area contributed by atoms with Crippen molar-refractivity contribution in [3.63, 3.8) is 0 Å². The molecule has 2 aliphatic rings. The van der Waals surface area contributed by atoms with E-state index in [0.717, 1.165) is 0 Å². The fraction of sp³-hybridized carbons (Fsp3) is 0.429. The maximum Gasteiger partial charge on any atom is 1.00 e. The molecule has 0 saturated heterocycles. The predicted octanol–water partition coefficient (Wildman–Crippen LogP) is -8.24. The molecule has 0 atom stereocenters. The van der Waals surface area contributed by atoms with E-state index < -0.39 is 80.8 Å². The Morgan fingerprint density at radius 2 is 0.633 bits per heavy atom. The minimum Gasteiger partial charge on any atom is -0.716 e. The van der Waals surface area contributed by atoms with Gasteiger partial charge in [0.25, 0.3) is 41.6 Å². The summed E-state index contributed by atoms with van der Waals surface area (Å²) in [6, 6.07) is 0. The van der Waals surface area contributed by atoms with E-state index in [9.17, 15) is 51.9 Å². The minimum absolute atomic E-state index is 0. The molecule has 49 heavy (non-hydrogen) atoms. The van der Waals surface area contributed by atoms with Crippen molar-refractivity contribution in [2.45, 2.75) is 56.8 Å². The first-order valence-electron chi connectivity index (χ1n) is 11.7. The SMILES string of the molecule is CC1(C)CC2(CC(C)(C)c3c(Br)c(OS(=O)(=O)[O-])c(OS(=O)(=O)[O-])c(Br)c32)c2c(Br)c(OS(=O)(=O)[O-])c(OS(=O)(=O)[O-])c(Br)c21.[K+].[K+].[K+].[K+]. The van der Waals surface area contributed by atoms with Crippen molar-refractivity contribution in [3.05, 3.63) is 40.1 Å². The molecule has 0 aliphatic heterocycles. The minimum atomic E-state index is -5.64. The van der Waals surface area contributed by atoms with Gasteiger partial charge in [-0.1, -0.05) is 27.7 Å². The maximum atomic E-state index is 11.7. The van der Waals surface area contributed by atoms with Gasteiger partial charge in [0.1, 0.15) is 0 Å². The molecule has 16 nitrogen and oxygen atoms in total. The monoisotopic (exact) mass is 1120 g/mol.